The average molecular weight is 153 g/mol. The first-order chi connectivity index (χ1) is 5.24. The number of hydrogen-bond acceptors (Lipinski definition) is 2. The van der Waals surface area contributed by atoms with E-state index in [-0.39, 0.29) is 5.81 Å². The van der Waals surface area contributed by atoms with E-state index in [9.17, 15) is 4.79 Å². The van der Waals surface area contributed by atoms with Crippen molar-refractivity contribution in [2.75, 3.05) is 20.2 Å². The molecule has 0 aromatic heterocycles. The predicted octanol–water partition coefficient (Wildman–Crippen LogP) is 0.386. The summed E-state index contributed by atoms with van der Waals surface area (Å²) in [6.07, 6.45) is 2.12. The highest BCUT2D eigenvalue weighted by molar-refractivity contribution is 6.56. The zero-order valence-electron chi connectivity index (χ0n) is 6.75. The van der Waals surface area contributed by atoms with Gasteiger partial charge in [0.2, 0.25) is 7.85 Å². The minimum atomic E-state index is -0.320. The molecule has 1 fully saturated rings. The van der Waals surface area contributed by atoms with Crippen LogP contribution in [0.2, 0.25) is 0 Å². The Morgan fingerprint density at radius 2 is 2.09 bits per heavy atom. The highest BCUT2D eigenvalue weighted by atomic mass is 16.5. The van der Waals surface area contributed by atoms with Gasteiger partial charge in [-0.3, -0.25) is 4.79 Å². The number of piperidine rings is 1. The van der Waals surface area contributed by atoms with Gasteiger partial charge in [0.05, 0.1) is 6.10 Å². The Morgan fingerprint density at radius 3 is 2.45 bits per heavy atom. The molecule has 0 N–H and O–H groups in total. The van der Waals surface area contributed by atoms with Crippen LogP contribution in [-0.2, 0) is 4.74 Å². The lowest BCUT2D eigenvalue weighted by Crippen LogP contribution is -2.39. The maximum atomic E-state index is 10.7. The van der Waals surface area contributed by atoms with E-state index in [1.807, 2.05) is 0 Å². The van der Waals surface area contributed by atoms with Gasteiger partial charge in [0.15, 0.2) is 5.81 Å². The van der Waals surface area contributed by atoms with E-state index >= 15 is 0 Å². The fourth-order valence-electron chi connectivity index (χ4n) is 1.31. The third-order valence-corrected chi connectivity index (χ3v) is 2.09. The zero-order chi connectivity index (χ0) is 8.27. The van der Waals surface area contributed by atoms with Crippen LogP contribution in [-0.4, -0.2) is 44.9 Å². The topological polar surface area (TPSA) is 29.5 Å². The molecule has 0 atom stereocenters. The molecule has 0 aliphatic carbocycles. The second-order valence-electron chi connectivity index (χ2n) is 2.76. The Balaban J connectivity index is 2.30. The first-order valence-electron chi connectivity index (χ1n) is 3.81. The van der Waals surface area contributed by atoms with Crippen molar-refractivity contribution in [3.05, 3.63) is 0 Å². The molecule has 60 valence electrons. The fourth-order valence-corrected chi connectivity index (χ4v) is 1.31. The lowest BCUT2D eigenvalue weighted by molar-refractivity contribution is 0.0534. The molecule has 1 aliphatic heterocycles. The molecule has 0 saturated carbocycles. The van der Waals surface area contributed by atoms with Crippen molar-refractivity contribution in [1.82, 2.24) is 4.90 Å². The first-order valence-corrected chi connectivity index (χ1v) is 3.81. The first kappa shape index (κ1) is 8.59. The molecule has 11 heavy (non-hydrogen) atoms. The molecule has 1 amide bonds. The molecular weight excluding hydrogens is 141 g/mol. The summed E-state index contributed by atoms with van der Waals surface area (Å²) in [5, 5.41) is 0. The summed E-state index contributed by atoms with van der Waals surface area (Å²) in [7, 11) is 6.80. The average Bonchev–Trinajstić information content (AvgIpc) is 2.05. The normalized spacial score (nSPS) is 20.3. The van der Waals surface area contributed by atoms with Gasteiger partial charge >= 0.3 is 0 Å². The molecule has 0 aromatic carbocycles. The number of rotatable bonds is 1. The molecule has 0 spiro atoms. The van der Waals surface area contributed by atoms with E-state index < -0.39 is 0 Å². The Hall–Kier alpha value is -0.505. The molecule has 1 aliphatic rings. The molecular formula is C7H12BNO2. The van der Waals surface area contributed by atoms with Crippen molar-refractivity contribution >= 4 is 13.7 Å². The summed E-state index contributed by atoms with van der Waals surface area (Å²) >= 11 is 0. The standard InChI is InChI=1S/C7H12BNO2/c1-11-6-2-4-9(5-3-6)7(8)10/h6H,2-5H2,1H3. The Labute approximate surface area is 68.1 Å². The predicted molar refractivity (Wildman–Crippen MR) is 42.8 cm³/mol. The van der Waals surface area contributed by atoms with Gasteiger partial charge in [0.1, 0.15) is 0 Å². The number of methoxy groups -OCH3 is 1. The van der Waals surface area contributed by atoms with Gasteiger partial charge in [0.25, 0.3) is 0 Å². The van der Waals surface area contributed by atoms with Gasteiger partial charge in [-0.05, 0) is 12.8 Å². The molecule has 4 heteroatoms. The second-order valence-corrected chi connectivity index (χ2v) is 2.76. The minimum Gasteiger partial charge on any atom is -0.381 e. The molecule has 0 bridgehead atoms. The van der Waals surface area contributed by atoms with Crippen LogP contribution < -0.4 is 0 Å². The van der Waals surface area contributed by atoms with Crippen LogP contribution in [0.4, 0.5) is 4.79 Å². The van der Waals surface area contributed by atoms with Crippen LogP contribution >= 0.6 is 0 Å². The maximum absolute atomic E-state index is 10.7. The second kappa shape index (κ2) is 3.76. The number of amides is 1. The highest BCUT2D eigenvalue weighted by Gasteiger charge is 2.19. The molecule has 3 nitrogen and oxygen atoms in total. The van der Waals surface area contributed by atoms with Crippen molar-refractivity contribution in [3.8, 4) is 0 Å². The van der Waals surface area contributed by atoms with Gasteiger partial charge < -0.3 is 9.64 Å². The third kappa shape index (κ3) is 2.22. The number of likely N-dealkylation sites (tertiary alicyclic amines) is 1. The minimum absolute atomic E-state index is 0.311. The lowest BCUT2D eigenvalue weighted by atomic mass is 10.0. The largest absolute Gasteiger partial charge is 0.381 e. The number of carbonyl (C=O) groups is 1. The summed E-state index contributed by atoms with van der Waals surface area (Å²) < 4.78 is 5.14. The van der Waals surface area contributed by atoms with E-state index in [1.165, 1.54) is 0 Å². The summed E-state index contributed by atoms with van der Waals surface area (Å²) in [5.41, 5.74) is 0. The monoisotopic (exact) mass is 153 g/mol. The van der Waals surface area contributed by atoms with Crippen molar-refractivity contribution in [1.29, 1.82) is 0 Å². The number of carbonyl (C=O) groups excluding carboxylic acids is 1. The quantitative estimate of drug-likeness (QED) is 0.509. The van der Waals surface area contributed by atoms with Crippen LogP contribution in [0.15, 0.2) is 0 Å². The highest BCUT2D eigenvalue weighted by Crippen LogP contribution is 2.12. The SMILES string of the molecule is [B]C(=O)N1CCC(OC)CC1. The van der Waals surface area contributed by atoms with Crippen molar-refractivity contribution in [3.63, 3.8) is 0 Å². The van der Waals surface area contributed by atoms with Crippen LogP contribution in [0.5, 0.6) is 0 Å². The van der Waals surface area contributed by atoms with E-state index in [1.54, 1.807) is 12.0 Å². The number of ether oxygens (including phenoxy) is 1. The third-order valence-electron chi connectivity index (χ3n) is 2.09. The van der Waals surface area contributed by atoms with E-state index in [0.29, 0.717) is 6.10 Å². The van der Waals surface area contributed by atoms with Gasteiger partial charge in [-0.15, -0.1) is 0 Å². The Morgan fingerprint density at radius 1 is 1.55 bits per heavy atom. The maximum Gasteiger partial charge on any atom is 0.200 e. The number of nitrogens with zero attached hydrogens (tertiary/aromatic N) is 1. The van der Waals surface area contributed by atoms with Crippen molar-refractivity contribution < 1.29 is 9.53 Å². The Bertz CT molecular complexity index is 143. The van der Waals surface area contributed by atoms with Gasteiger partial charge in [-0.25, -0.2) is 0 Å². The van der Waals surface area contributed by atoms with E-state index in [2.05, 4.69) is 0 Å². The van der Waals surface area contributed by atoms with Gasteiger partial charge in [-0.1, -0.05) is 0 Å². The molecule has 1 saturated heterocycles. The molecule has 0 unspecified atom stereocenters. The summed E-state index contributed by atoms with van der Waals surface area (Å²) in [4.78, 5) is 12.3. The molecule has 2 radical (unpaired) electrons. The molecule has 1 rings (SSSR count). The molecule has 1 heterocycles. The van der Waals surface area contributed by atoms with E-state index in [0.717, 1.165) is 25.9 Å². The van der Waals surface area contributed by atoms with Crippen LogP contribution in [0.1, 0.15) is 12.8 Å². The van der Waals surface area contributed by atoms with E-state index in [4.69, 9.17) is 12.6 Å². The zero-order valence-corrected chi connectivity index (χ0v) is 6.75. The summed E-state index contributed by atoms with van der Waals surface area (Å²) in [5.74, 6) is -0.320. The van der Waals surface area contributed by atoms with Gasteiger partial charge in [-0.2, -0.15) is 0 Å². The van der Waals surface area contributed by atoms with Crippen LogP contribution in [0.25, 0.3) is 0 Å². The van der Waals surface area contributed by atoms with Crippen LogP contribution in [0.3, 0.4) is 0 Å². The van der Waals surface area contributed by atoms with Crippen molar-refractivity contribution in [2.24, 2.45) is 0 Å². The lowest BCUT2D eigenvalue weighted by Gasteiger charge is -2.30. The summed E-state index contributed by atoms with van der Waals surface area (Å²) in [6, 6.07) is 0. The summed E-state index contributed by atoms with van der Waals surface area (Å²) in [6.45, 7) is 1.46. The van der Waals surface area contributed by atoms with Crippen LogP contribution in [0, 0.1) is 0 Å². The molecule has 0 aromatic rings. The smallest absolute Gasteiger partial charge is 0.200 e. The van der Waals surface area contributed by atoms with Gasteiger partial charge in [0, 0.05) is 20.2 Å². The fraction of sp³-hybridized carbons (Fsp3) is 0.857. The number of hydrogen-bond donors (Lipinski definition) is 0. The van der Waals surface area contributed by atoms with Crippen molar-refractivity contribution in [2.45, 2.75) is 18.9 Å². The Kier molecular flexibility index (Phi) is 2.94.